The van der Waals surface area contributed by atoms with Crippen LogP contribution in [0.1, 0.15) is 29.8 Å². The smallest absolute Gasteiger partial charge is 0.257 e. The topological polar surface area (TPSA) is 79.5 Å². The molecule has 0 spiro atoms. The number of carbonyl (C=O) groups is 2. The molecule has 0 bridgehead atoms. The largest absolute Gasteiger partial charge is 0.490 e. The van der Waals surface area contributed by atoms with Crippen molar-refractivity contribution in [1.82, 2.24) is 16.2 Å². The lowest BCUT2D eigenvalue weighted by Crippen LogP contribution is -2.48. The molecule has 0 fully saturated rings. The van der Waals surface area contributed by atoms with E-state index in [0.717, 1.165) is 16.3 Å². The third-order valence-corrected chi connectivity index (χ3v) is 5.15. The van der Waals surface area contributed by atoms with Crippen LogP contribution in [-0.4, -0.2) is 23.0 Å². The van der Waals surface area contributed by atoms with Gasteiger partial charge < -0.3 is 4.74 Å². The van der Waals surface area contributed by atoms with Gasteiger partial charge in [-0.3, -0.25) is 25.8 Å². The molecule has 0 aromatic heterocycles. The zero-order valence-electron chi connectivity index (χ0n) is 17.1. The Hall–Kier alpha value is -2.97. The first-order valence-electron chi connectivity index (χ1n) is 9.66. The molecule has 3 N–H and O–H groups in total. The van der Waals surface area contributed by atoms with Gasteiger partial charge >= 0.3 is 0 Å². The Bertz CT molecular complexity index is 1130. The molecule has 0 saturated carbocycles. The average Bonchev–Trinajstić information content (AvgIpc) is 2.73. The molecule has 31 heavy (non-hydrogen) atoms. The molecule has 8 heteroatoms. The summed E-state index contributed by atoms with van der Waals surface area (Å²) < 4.78 is 6.30. The van der Waals surface area contributed by atoms with Gasteiger partial charge in [0.2, 0.25) is 5.91 Å². The van der Waals surface area contributed by atoms with Crippen molar-refractivity contribution >= 4 is 55.8 Å². The Kier molecular flexibility index (Phi) is 7.59. The predicted octanol–water partition coefficient (Wildman–Crippen LogP) is 4.27. The molecule has 0 heterocycles. The lowest BCUT2D eigenvalue weighted by Gasteiger charge is -2.13. The molecule has 3 aromatic carbocycles. The summed E-state index contributed by atoms with van der Waals surface area (Å²) in [5.74, 6) is -0.0311. The number of amides is 2. The fourth-order valence-electron chi connectivity index (χ4n) is 2.99. The Morgan fingerprint density at radius 3 is 2.52 bits per heavy atom. The second-order valence-electron chi connectivity index (χ2n) is 7.08. The number of benzene rings is 3. The molecule has 0 radical (unpaired) electrons. The molecule has 0 aliphatic carbocycles. The summed E-state index contributed by atoms with van der Waals surface area (Å²) in [6.07, 6.45) is 0.195. The highest BCUT2D eigenvalue weighted by atomic mass is 79.9. The molecule has 0 unspecified atom stereocenters. The maximum atomic E-state index is 12.4. The molecule has 0 aliphatic rings. The van der Waals surface area contributed by atoms with Gasteiger partial charge in [-0.1, -0.05) is 42.5 Å². The zero-order valence-corrected chi connectivity index (χ0v) is 19.5. The number of hydrazine groups is 1. The van der Waals surface area contributed by atoms with Crippen molar-refractivity contribution in [1.29, 1.82) is 0 Å². The molecular weight excluding hydrogens is 478 g/mol. The summed E-state index contributed by atoms with van der Waals surface area (Å²) in [5, 5.41) is 4.62. The fraction of sp³-hybridized carbons (Fsp3) is 0.174. The van der Waals surface area contributed by atoms with Crippen LogP contribution in [0.4, 0.5) is 0 Å². The van der Waals surface area contributed by atoms with Crippen LogP contribution in [0.5, 0.6) is 5.75 Å². The highest BCUT2D eigenvalue weighted by Crippen LogP contribution is 2.27. The van der Waals surface area contributed by atoms with Gasteiger partial charge in [0.15, 0.2) is 5.11 Å². The third-order valence-electron chi connectivity index (χ3n) is 4.33. The van der Waals surface area contributed by atoms with Gasteiger partial charge in [0.05, 0.1) is 17.0 Å². The number of thiocarbonyl (C=S) groups is 1. The summed E-state index contributed by atoms with van der Waals surface area (Å²) in [6.45, 7) is 3.84. The van der Waals surface area contributed by atoms with Crippen molar-refractivity contribution in [2.75, 3.05) is 0 Å². The van der Waals surface area contributed by atoms with E-state index in [-0.39, 0.29) is 23.5 Å². The summed E-state index contributed by atoms with van der Waals surface area (Å²) in [4.78, 5) is 24.7. The standard InChI is InChI=1S/C23H22BrN3O3S/c1-14(2)30-20-11-10-17(12-19(20)24)22(29)25-23(31)27-26-21(28)13-16-8-5-7-15-6-3-4-9-18(15)16/h3-12,14H,13H2,1-2H3,(H,26,28)(H2,25,27,29,31). The van der Waals surface area contributed by atoms with Crippen LogP contribution in [0.25, 0.3) is 10.8 Å². The quantitative estimate of drug-likeness (QED) is 0.360. The van der Waals surface area contributed by atoms with Gasteiger partial charge in [0.25, 0.3) is 5.91 Å². The van der Waals surface area contributed by atoms with Gasteiger partial charge in [0.1, 0.15) is 5.75 Å². The van der Waals surface area contributed by atoms with E-state index in [9.17, 15) is 9.59 Å². The van der Waals surface area contributed by atoms with E-state index in [1.165, 1.54) is 0 Å². The van der Waals surface area contributed by atoms with Crippen molar-refractivity contribution in [2.45, 2.75) is 26.4 Å². The van der Waals surface area contributed by atoms with Gasteiger partial charge in [-0.15, -0.1) is 0 Å². The lowest BCUT2D eigenvalue weighted by molar-refractivity contribution is -0.121. The highest BCUT2D eigenvalue weighted by molar-refractivity contribution is 9.10. The maximum Gasteiger partial charge on any atom is 0.257 e. The predicted molar refractivity (Wildman–Crippen MR) is 129 cm³/mol. The highest BCUT2D eigenvalue weighted by Gasteiger charge is 2.12. The lowest BCUT2D eigenvalue weighted by atomic mass is 10.0. The monoisotopic (exact) mass is 499 g/mol. The summed E-state index contributed by atoms with van der Waals surface area (Å²) >= 11 is 8.51. The molecule has 3 aromatic rings. The molecule has 3 rings (SSSR count). The van der Waals surface area contributed by atoms with Gasteiger partial charge in [0, 0.05) is 5.56 Å². The van der Waals surface area contributed by atoms with Crippen molar-refractivity contribution in [3.63, 3.8) is 0 Å². The number of fused-ring (bicyclic) bond motifs is 1. The van der Waals surface area contributed by atoms with Crippen molar-refractivity contribution in [2.24, 2.45) is 0 Å². The third kappa shape index (κ3) is 6.26. The van der Waals surface area contributed by atoms with E-state index in [4.69, 9.17) is 17.0 Å². The first kappa shape index (κ1) is 22.7. The summed E-state index contributed by atoms with van der Waals surface area (Å²) in [7, 11) is 0. The molecule has 2 amide bonds. The minimum absolute atomic E-state index is 0.00472. The molecule has 0 saturated heterocycles. The Morgan fingerprint density at radius 2 is 1.77 bits per heavy atom. The Balaban J connectivity index is 1.53. The number of rotatable bonds is 5. The second-order valence-corrected chi connectivity index (χ2v) is 8.35. The first-order chi connectivity index (χ1) is 14.8. The SMILES string of the molecule is CC(C)Oc1ccc(C(=O)NC(=S)NNC(=O)Cc2cccc3ccccc23)cc1Br. The van der Waals surface area contributed by atoms with Crippen molar-refractivity contribution in [3.8, 4) is 5.75 Å². The average molecular weight is 500 g/mol. The van der Waals surface area contributed by atoms with Gasteiger partial charge in [-0.05, 0) is 76.5 Å². The van der Waals surface area contributed by atoms with Crippen LogP contribution in [0.3, 0.4) is 0 Å². The molecule has 0 atom stereocenters. The van der Waals surface area contributed by atoms with Crippen molar-refractivity contribution < 1.29 is 14.3 Å². The molecule has 6 nitrogen and oxygen atoms in total. The fourth-order valence-corrected chi connectivity index (χ4v) is 3.60. The number of halogens is 1. The maximum absolute atomic E-state index is 12.4. The molecular formula is C23H22BrN3O3S. The van der Waals surface area contributed by atoms with Gasteiger partial charge in [-0.2, -0.15) is 0 Å². The molecule has 0 aliphatic heterocycles. The van der Waals surface area contributed by atoms with Crippen LogP contribution in [0, 0.1) is 0 Å². The number of ether oxygens (including phenoxy) is 1. The van der Waals surface area contributed by atoms with E-state index in [2.05, 4.69) is 32.1 Å². The van der Waals surface area contributed by atoms with E-state index in [1.54, 1.807) is 18.2 Å². The van der Waals surface area contributed by atoms with E-state index >= 15 is 0 Å². The van der Waals surface area contributed by atoms with Crippen LogP contribution >= 0.6 is 28.1 Å². The number of hydrogen-bond donors (Lipinski definition) is 3. The summed E-state index contributed by atoms with van der Waals surface area (Å²) in [6, 6.07) is 18.7. The number of nitrogens with one attached hydrogen (secondary N) is 3. The van der Waals surface area contributed by atoms with Crippen LogP contribution in [-0.2, 0) is 11.2 Å². The Labute approximate surface area is 194 Å². The van der Waals surface area contributed by atoms with E-state index in [0.29, 0.717) is 15.8 Å². The minimum Gasteiger partial charge on any atom is -0.490 e. The second kappa shape index (κ2) is 10.4. The van der Waals surface area contributed by atoms with E-state index < -0.39 is 5.91 Å². The van der Waals surface area contributed by atoms with Gasteiger partial charge in [-0.25, -0.2) is 0 Å². The zero-order chi connectivity index (χ0) is 22.4. The number of carbonyl (C=O) groups excluding carboxylic acids is 2. The molecule has 160 valence electrons. The summed E-state index contributed by atoms with van der Waals surface area (Å²) in [5.41, 5.74) is 6.39. The minimum atomic E-state index is -0.405. The van der Waals surface area contributed by atoms with Crippen LogP contribution in [0.15, 0.2) is 65.1 Å². The first-order valence-corrected chi connectivity index (χ1v) is 10.9. The van der Waals surface area contributed by atoms with E-state index in [1.807, 2.05) is 56.3 Å². The number of hydrogen-bond acceptors (Lipinski definition) is 4. The Morgan fingerprint density at radius 1 is 1.03 bits per heavy atom. The van der Waals surface area contributed by atoms with Crippen LogP contribution in [0.2, 0.25) is 0 Å². The normalized spacial score (nSPS) is 10.6. The van der Waals surface area contributed by atoms with Crippen LogP contribution < -0.4 is 20.9 Å². The van der Waals surface area contributed by atoms with Crippen molar-refractivity contribution in [3.05, 3.63) is 76.3 Å².